The molecule has 2 aromatic heterocycles. The third kappa shape index (κ3) is 3.50. The van der Waals surface area contributed by atoms with Gasteiger partial charge in [-0.3, -0.25) is 4.99 Å². The molecular formula is C21H15ClN2O3. The van der Waals surface area contributed by atoms with Gasteiger partial charge < -0.3 is 14.1 Å². The molecule has 0 aliphatic rings. The standard InChI is InChI=1S/C21H15ClN2O3/c22-17-6-2-3-7-18(17)23-11-14-12-24(19-8-4-1-5-16(14)19)13-15-9-10-20(27-15)21(25)26/h1-12H,13H2,(H,25,26). The lowest BCUT2D eigenvalue weighted by atomic mass is 10.2. The number of aromatic carboxylic acids is 1. The average Bonchev–Trinajstić information content (AvgIpc) is 3.27. The minimum Gasteiger partial charge on any atom is -0.475 e. The van der Waals surface area contributed by atoms with E-state index in [0.717, 1.165) is 16.5 Å². The molecule has 0 saturated heterocycles. The van der Waals surface area contributed by atoms with Crippen LogP contribution in [-0.4, -0.2) is 21.9 Å². The van der Waals surface area contributed by atoms with Crippen molar-refractivity contribution in [3.05, 3.63) is 89.0 Å². The van der Waals surface area contributed by atoms with Crippen molar-refractivity contribution in [2.45, 2.75) is 6.54 Å². The van der Waals surface area contributed by atoms with Gasteiger partial charge in [0.25, 0.3) is 0 Å². The van der Waals surface area contributed by atoms with Crippen LogP contribution in [0.3, 0.4) is 0 Å². The fourth-order valence-corrected chi connectivity index (χ4v) is 3.13. The number of furan rings is 1. The molecule has 0 amide bonds. The summed E-state index contributed by atoms with van der Waals surface area (Å²) in [5.41, 5.74) is 2.65. The first-order chi connectivity index (χ1) is 13.1. The highest BCUT2D eigenvalue weighted by atomic mass is 35.5. The smallest absolute Gasteiger partial charge is 0.371 e. The number of aliphatic imine (C=N–C) groups is 1. The summed E-state index contributed by atoms with van der Waals surface area (Å²) in [6.07, 6.45) is 3.75. The van der Waals surface area contributed by atoms with E-state index in [1.54, 1.807) is 18.3 Å². The van der Waals surface area contributed by atoms with Crippen LogP contribution < -0.4 is 0 Å². The van der Waals surface area contributed by atoms with Crippen molar-refractivity contribution >= 4 is 40.4 Å². The van der Waals surface area contributed by atoms with Crippen molar-refractivity contribution in [2.24, 2.45) is 4.99 Å². The Kier molecular flexibility index (Phi) is 4.52. The van der Waals surface area contributed by atoms with Crippen LogP contribution in [0, 0.1) is 0 Å². The minimum atomic E-state index is -1.08. The zero-order valence-electron chi connectivity index (χ0n) is 14.2. The first-order valence-electron chi connectivity index (χ1n) is 8.30. The Morgan fingerprint density at radius 2 is 1.89 bits per heavy atom. The number of benzene rings is 2. The number of hydrogen-bond donors (Lipinski definition) is 1. The van der Waals surface area contributed by atoms with Crippen LogP contribution >= 0.6 is 11.6 Å². The molecule has 27 heavy (non-hydrogen) atoms. The summed E-state index contributed by atoms with van der Waals surface area (Å²) in [6, 6.07) is 18.5. The van der Waals surface area contributed by atoms with Crippen LogP contribution in [0.5, 0.6) is 0 Å². The molecule has 0 spiro atoms. The number of nitrogens with zero attached hydrogens (tertiary/aromatic N) is 2. The normalized spacial score (nSPS) is 11.4. The van der Waals surface area contributed by atoms with Gasteiger partial charge in [0.05, 0.1) is 17.3 Å². The number of aromatic nitrogens is 1. The van der Waals surface area contributed by atoms with Crippen molar-refractivity contribution in [1.29, 1.82) is 0 Å². The van der Waals surface area contributed by atoms with Gasteiger partial charge in [0.2, 0.25) is 5.76 Å². The molecule has 2 aromatic carbocycles. The van der Waals surface area contributed by atoms with Gasteiger partial charge in [-0.05, 0) is 30.3 Å². The first-order valence-corrected chi connectivity index (χ1v) is 8.68. The topological polar surface area (TPSA) is 67.7 Å². The second-order valence-electron chi connectivity index (χ2n) is 6.01. The molecule has 1 N–H and O–H groups in total. The lowest BCUT2D eigenvalue weighted by Crippen LogP contribution is -1.97. The third-order valence-corrected chi connectivity index (χ3v) is 4.53. The summed E-state index contributed by atoms with van der Waals surface area (Å²) >= 11 is 6.17. The Bertz CT molecular complexity index is 1160. The summed E-state index contributed by atoms with van der Waals surface area (Å²) in [4.78, 5) is 15.5. The second-order valence-corrected chi connectivity index (χ2v) is 6.42. The fourth-order valence-electron chi connectivity index (χ4n) is 2.95. The molecule has 4 aromatic rings. The van der Waals surface area contributed by atoms with Gasteiger partial charge in [0.15, 0.2) is 0 Å². The maximum absolute atomic E-state index is 11.0. The number of hydrogen-bond acceptors (Lipinski definition) is 3. The summed E-state index contributed by atoms with van der Waals surface area (Å²) in [7, 11) is 0. The van der Waals surface area contributed by atoms with Crippen molar-refractivity contribution in [3.8, 4) is 0 Å². The van der Waals surface area contributed by atoms with Gasteiger partial charge in [-0.1, -0.05) is 41.9 Å². The maximum atomic E-state index is 11.0. The first kappa shape index (κ1) is 17.1. The summed E-state index contributed by atoms with van der Waals surface area (Å²) < 4.78 is 7.39. The zero-order chi connectivity index (χ0) is 18.8. The molecule has 0 aliphatic carbocycles. The Hall–Kier alpha value is -3.31. The van der Waals surface area contributed by atoms with Crippen molar-refractivity contribution < 1.29 is 14.3 Å². The monoisotopic (exact) mass is 378 g/mol. The highest BCUT2D eigenvalue weighted by Crippen LogP contribution is 2.26. The number of para-hydroxylation sites is 2. The van der Waals surface area contributed by atoms with E-state index < -0.39 is 5.97 Å². The zero-order valence-corrected chi connectivity index (χ0v) is 14.9. The van der Waals surface area contributed by atoms with Gasteiger partial charge >= 0.3 is 5.97 Å². The van der Waals surface area contributed by atoms with Gasteiger partial charge in [0.1, 0.15) is 5.76 Å². The van der Waals surface area contributed by atoms with Gasteiger partial charge in [-0.2, -0.15) is 0 Å². The highest BCUT2D eigenvalue weighted by molar-refractivity contribution is 6.33. The third-order valence-electron chi connectivity index (χ3n) is 4.21. The molecule has 6 heteroatoms. The van der Waals surface area contributed by atoms with Crippen molar-refractivity contribution in [2.75, 3.05) is 0 Å². The SMILES string of the molecule is O=C(O)c1ccc(Cn2cc(C=Nc3ccccc3Cl)c3ccccc32)o1. The molecule has 0 aliphatic heterocycles. The molecule has 134 valence electrons. The predicted molar refractivity (Wildman–Crippen MR) is 105 cm³/mol. The van der Waals surface area contributed by atoms with E-state index in [4.69, 9.17) is 21.1 Å². The average molecular weight is 379 g/mol. The minimum absolute atomic E-state index is 0.0676. The number of fused-ring (bicyclic) bond motifs is 1. The summed E-state index contributed by atoms with van der Waals surface area (Å²) in [5.74, 6) is -0.573. The van der Waals surface area contributed by atoms with E-state index in [0.29, 0.717) is 23.0 Å². The van der Waals surface area contributed by atoms with Crippen LogP contribution in [0.1, 0.15) is 21.9 Å². The molecule has 5 nitrogen and oxygen atoms in total. The van der Waals surface area contributed by atoms with Crippen molar-refractivity contribution in [3.63, 3.8) is 0 Å². The van der Waals surface area contributed by atoms with Gasteiger partial charge in [-0.15, -0.1) is 0 Å². The van der Waals surface area contributed by atoms with Gasteiger partial charge in [0, 0.05) is 28.9 Å². The molecule has 0 radical (unpaired) electrons. The second kappa shape index (κ2) is 7.13. The molecule has 0 saturated carbocycles. The van der Waals surface area contributed by atoms with Gasteiger partial charge in [-0.25, -0.2) is 4.79 Å². The maximum Gasteiger partial charge on any atom is 0.371 e. The van der Waals surface area contributed by atoms with Crippen molar-refractivity contribution in [1.82, 2.24) is 4.57 Å². The van der Waals surface area contributed by atoms with Crippen LogP contribution in [-0.2, 0) is 6.54 Å². The van der Waals surface area contributed by atoms with E-state index >= 15 is 0 Å². The largest absolute Gasteiger partial charge is 0.475 e. The van der Waals surface area contributed by atoms with E-state index in [2.05, 4.69) is 4.99 Å². The number of carboxylic acids is 1. The molecule has 2 heterocycles. The van der Waals surface area contributed by atoms with Crippen LogP contribution in [0.4, 0.5) is 5.69 Å². The van der Waals surface area contributed by atoms with E-state index in [-0.39, 0.29) is 5.76 Å². The molecule has 4 rings (SSSR count). The quantitative estimate of drug-likeness (QED) is 0.474. The number of carboxylic acid groups (broad SMARTS) is 1. The molecule has 0 unspecified atom stereocenters. The number of rotatable bonds is 5. The predicted octanol–water partition coefficient (Wildman–Crippen LogP) is 5.38. The highest BCUT2D eigenvalue weighted by Gasteiger charge is 2.12. The Labute approximate surface area is 160 Å². The van der Waals surface area contributed by atoms with Crippen LogP contribution in [0.15, 0.2) is 76.3 Å². The molecule has 0 fully saturated rings. The van der Waals surface area contributed by atoms with E-state index in [9.17, 15) is 4.79 Å². The number of carbonyl (C=O) groups is 1. The van der Waals surface area contributed by atoms with E-state index in [1.807, 2.05) is 53.2 Å². The Morgan fingerprint density at radius 3 is 2.67 bits per heavy atom. The number of halogens is 1. The molecule has 0 atom stereocenters. The summed E-state index contributed by atoms with van der Waals surface area (Å²) in [5, 5.41) is 10.6. The lowest BCUT2D eigenvalue weighted by molar-refractivity contribution is 0.0660. The summed E-state index contributed by atoms with van der Waals surface area (Å²) in [6.45, 7) is 0.424. The Morgan fingerprint density at radius 1 is 1.11 bits per heavy atom. The molecular weight excluding hydrogens is 364 g/mol. The molecule has 0 bridgehead atoms. The fraction of sp³-hybridized carbons (Fsp3) is 0.0476. The lowest BCUT2D eigenvalue weighted by Gasteiger charge is -2.02. The van der Waals surface area contributed by atoms with E-state index in [1.165, 1.54) is 6.07 Å². The Balaban J connectivity index is 1.70. The van der Waals surface area contributed by atoms with Crippen LogP contribution in [0.25, 0.3) is 10.9 Å². The van der Waals surface area contributed by atoms with Crippen LogP contribution in [0.2, 0.25) is 5.02 Å².